The van der Waals surface area contributed by atoms with E-state index in [1.807, 2.05) is 25.2 Å². The summed E-state index contributed by atoms with van der Waals surface area (Å²) in [6.45, 7) is 0. The van der Waals surface area contributed by atoms with Crippen molar-refractivity contribution in [3.05, 3.63) is 70.1 Å². The Kier molecular flexibility index (Phi) is 4.06. The van der Waals surface area contributed by atoms with Crippen LogP contribution >= 0.6 is 22.9 Å². The van der Waals surface area contributed by atoms with Crippen LogP contribution in [0.5, 0.6) is 0 Å². The summed E-state index contributed by atoms with van der Waals surface area (Å²) in [6, 6.07) is 16.9. The molecule has 3 aromatic rings. The maximum atomic E-state index is 6.32. The molecule has 3 rings (SSSR count). The zero-order chi connectivity index (χ0) is 13.9. The topological polar surface area (TPSA) is 12.0 Å². The van der Waals surface area contributed by atoms with Crippen molar-refractivity contribution in [1.29, 1.82) is 0 Å². The first-order chi connectivity index (χ1) is 9.79. The smallest absolute Gasteiger partial charge is 0.0453 e. The molecule has 0 radical (unpaired) electrons. The van der Waals surface area contributed by atoms with E-state index in [9.17, 15) is 0 Å². The zero-order valence-corrected chi connectivity index (χ0v) is 12.8. The molecule has 1 aromatic heterocycles. The molecule has 0 bridgehead atoms. The Bertz CT molecular complexity index is 720. The SMILES string of the molecule is CNC(Cc1csc2ccccc12)c1ccccc1Cl. The number of thiophene rings is 1. The van der Waals surface area contributed by atoms with Gasteiger partial charge < -0.3 is 5.32 Å². The largest absolute Gasteiger partial charge is 0.313 e. The average Bonchev–Trinajstić information content (AvgIpc) is 2.89. The minimum Gasteiger partial charge on any atom is -0.313 e. The molecule has 0 aliphatic rings. The summed E-state index contributed by atoms with van der Waals surface area (Å²) in [7, 11) is 1.99. The summed E-state index contributed by atoms with van der Waals surface area (Å²) in [6.07, 6.45) is 0.949. The number of hydrogen-bond acceptors (Lipinski definition) is 2. The van der Waals surface area contributed by atoms with Gasteiger partial charge in [0.1, 0.15) is 0 Å². The molecule has 3 heteroatoms. The van der Waals surface area contributed by atoms with Crippen LogP contribution < -0.4 is 5.32 Å². The van der Waals surface area contributed by atoms with E-state index < -0.39 is 0 Å². The first-order valence-electron chi connectivity index (χ1n) is 6.66. The van der Waals surface area contributed by atoms with Crippen LogP contribution in [0.3, 0.4) is 0 Å². The van der Waals surface area contributed by atoms with Gasteiger partial charge >= 0.3 is 0 Å². The molecule has 2 aromatic carbocycles. The number of likely N-dealkylation sites (N-methyl/N-ethyl adjacent to an activating group) is 1. The van der Waals surface area contributed by atoms with Crippen LogP contribution in [0.1, 0.15) is 17.2 Å². The van der Waals surface area contributed by atoms with Crippen LogP contribution in [0.4, 0.5) is 0 Å². The maximum absolute atomic E-state index is 6.32. The van der Waals surface area contributed by atoms with Crippen molar-refractivity contribution < 1.29 is 0 Å². The Hall–Kier alpha value is -1.35. The molecule has 102 valence electrons. The average molecular weight is 302 g/mol. The predicted molar refractivity (Wildman–Crippen MR) is 88.8 cm³/mol. The van der Waals surface area contributed by atoms with Gasteiger partial charge in [0.2, 0.25) is 0 Å². The number of nitrogens with one attached hydrogen (secondary N) is 1. The van der Waals surface area contributed by atoms with Crippen LogP contribution in [0.25, 0.3) is 10.1 Å². The number of rotatable bonds is 4. The summed E-state index contributed by atoms with van der Waals surface area (Å²) < 4.78 is 1.34. The van der Waals surface area contributed by atoms with Crippen molar-refractivity contribution in [2.75, 3.05) is 7.05 Å². The summed E-state index contributed by atoms with van der Waals surface area (Å²) in [5.74, 6) is 0. The van der Waals surface area contributed by atoms with E-state index in [-0.39, 0.29) is 6.04 Å². The monoisotopic (exact) mass is 301 g/mol. The molecule has 0 amide bonds. The van der Waals surface area contributed by atoms with E-state index >= 15 is 0 Å². The number of benzene rings is 2. The predicted octanol–water partition coefficient (Wildman–Crippen LogP) is 5.06. The molecule has 0 fully saturated rings. The van der Waals surface area contributed by atoms with Crippen LogP contribution in [0, 0.1) is 0 Å². The molecule has 0 spiro atoms. The van der Waals surface area contributed by atoms with Crippen molar-refractivity contribution in [2.24, 2.45) is 0 Å². The first-order valence-corrected chi connectivity index (χ1v) is 7.92. The third-order valence-electron chi connectivity index (χ3n) is 3.61. The number of fused-ring (bicyclic) bond motifs is 1. The van der Waals surface area contributed by atoms with Gasteiger partial charge in [-0.1, -0.05) is 48.0 Å². The molecule has 0 saturated carbocycles. The lowest BCUT2D eigenvalue weighted by Crippen LogP contribution is -2.19. The van der Waals surface area contributed by atoms with Gasteiger partial charge in [-0.25, -0.2) is 0 Å². The second-order valence-electron chi connectivity index (χ2n) is 4.82. The summed E-state index contributed by atoms with van der Waals surface area (Å²) in [5.41, 5.74) is 2.54. The molecular formula is C17H16ClNS. The normalized spacial score (nSPS) is 12.7. The highest BCUT2D eigenvalue weighted by Gasteiger charge is 2.15. The lowest BCUT2D eigenvalue weighted by Gasteiger charge is -2.17. The van der Waals surface area contributed by atoms with E-state index in [2.05, 4.69) is 41.0 Å². The number of halogens is 1. The van der Waals surface area contributed by atoms with Crippen LogP contribution in [-0.2, 0) is 6.42 Å². The van der Waals surface area contributed by atoms with Gasteiger partial charge in [-0.05, 0) is 47.5 Å². The Labute approximate surface area is 128 Å². The van der Waals surface area contributed by atoms with Gasteiger partial charge in [-0.15, -0.1) is 11.3 Å². The van der Waals surface area contributed by atoms with Crippen molar-refractivity contribution in [3.8, 4) is 0 Å². The molecule has 1 nitrogen and oxygen atoms in total. The first kappa shape index (κ1) is 13.6. The molecule has 1 N–H and O–H groups in total. The minimum absolute atomic E-state index is 0.238. The molecular weight excluding hydrogens is 286 g/mol. The van der Waals surface area contributed by atoms with Gasteiger partial charge in [0.15, 0.2) is 0 Å². The number of hydrogen-bond donors (Lipinski definition) is 1. The van der Waals surface area contributed by atoms with Crippen LogP contribution in [0.15, 0.2) is 53.9 Å². The molecule has 1 atom stereocenters. The molecule has 1 heterocycles. The molecule has 20 heavy (non-hydrogen) atoms. The highest BCUT2D eigenvalue weighted by molar-refractivity contribution is 7.17. The molecule has 0 saturated heterocycles. The van der Waals surface area contributed by atoms with E-state index in [1.165, 1.54) is 15.6 Å². The van der Waals surface area contributed by atoms with E-state index in [0.717, 1.165) is 17.0 Å². The summed E-state index contributed by atoms with van der Waals surface area (Å²) in [4.78, 5) is 0. The fraction of sp³-hybridized carbons (Fsp3) is 0.176. The van der Waals surface area contributed by atoms with Gasteiger partial charge in [-0.2, -0.15) is 0 Å². The minimum atomic E-state index is 0.238. The van der Waals surface area contributed by atoms with Crippen molar-refractivity contribution >= 4 is 33.0 Å². The van der Waals surface area contributed by atoms with E-state index in [4.69, 9.17) is 11.6 Å². The van der Waals surface area contributed by atoms with Gasteiger partial charge in [0.25, 0.3) is 0 Å². The van der Waals surface area contributed by atoms with Gasteiger partial charge in [-0.3, -0.25) is 0 Å². The Morgan fingerprint density at radius 3 is 2.65 bits per heavy atom. The third kappa shape index (κ3) is 2.59. The highest BCUT2D eigenvalue weighted by Crippen LogP contribution is 2.31. The maximum Gasteiger partial charge on any atom is 0.0453 e. The molecule has 0 aliphatic heterocycles. The van der Waals surface area contributed by atoms with Crippen LogP contribution in [-0.4, -0.2) is 7.05 Å². The lowest BCUT2D eigenvalue weighted by atomic mass is 9.98. The fourth-order valence-electron chi connectivity index (χ4n) is 2.54. The molecule has 1 unspecified atom stereocenters. The standard InChI is InChI=1S/C17H16ClNS/c1-19-16(14-7-2-4-8-15(14)18)10-12-11-20-17-9-5-3-6-13(12)17/h2-9,11,16,19H,10H2,1H3. The molecule has 0 aliphatic carbocycles. The fourth-order valence-corrected chi connectivity index (χ4v) is 3.78. The highest BCUT2D eigenvalue weighted by atomic mass is 35.5. The Balaban J connectivity index is 1.94. The Morgan fingerprint density at radius 1 is 1.10 bits per heavy atom. The quantitative estimate of drug-likeness (QED) is 0.710. The van der Waals surface area contributed by atoms with E-state index in [0.29, 0.717) is 0 Å². The van der Waals surface area contributed by atoms with E-state index in [1.54, 1.807) is 11.3 Å². The van der Waals surface area contributed by atoms with Crippen molar-refractivity contribution in [3.63, 3.8) is 0 Å². The van der Waals surface area contributed by atoms with Crippen LogP contribution in [0.2, 0.25) is 5.02 Å². The summed E-state index contributed by atoms with van der Waals surface area (Å²) in [5, 5.41) is 7.82. The summed E-state index contributed by atoms with van der Waals surface area (Å²) >= 11 is 8.12. The van der Waals surface area contributed by atoms with Gasteiger partial charge in [0, 0.05) is 15.8 Å². The second kappa shape index (κ2) is 5.96. The van der Waals surface area contributed by atoms with Crippen molar-refractivity contribution in [1.82, 2.24) is 5.32 Å². The zero-order valence-electron chi connectivity index (χ0n) is 11.3. The Morgan fingerprint density at radius 2 is 1.85 bits per heavy atom. The van der Waals surface area contributed by atoms with Gasteiger partial charge in [0.05, 0.1) is 0 Å². The lowest BCUT2D eigenvalue weighted by molar-refractivity contribution is 0.595. The third-order valence-corrected chi connectivity index (χ3v) is 4.97. The second-order valence-corrected chi connectivity index (χ2v) is 6.14. The van der Waals surface area contributed by atoms with Crippen molar-refractivity contribution in [2.45, 2.75) is 12.5 Å².